The standard InChI is InChI=1S/C17H12O7/c18-11-6-4-9-8(2-1-3-13(20)21)10-5-7-12(19)15(23)17(10)24-16(9)14(11)22/h1,3-7H,2H2,(H4-,18,19,20,21,22,23)/b3-1+. The molecule has 1 heterocycles. The van der Waals surface area contributed by atoms with E-state index in [0.717, 1.165) is 6.08 Å². The smallest absolute Gasteiger partial charge is 0.406 e. The molecule has 0 fully saturated rings. The Morgan fingerprint density at radius 1 is 0.958 bits per heavy atom. The Morgan fingerprint density at radius 3 is 1.92 bits per heavy atom. The molecular weight excluding hydrogens is 316 g/mol. The molecule has 0 aliphatic carbocycles. The molecule has 0 amide bonds. The molecular formula is C17H12O7. The van der Waals surface area contributed by atoms with E-state index < -0.39 is 29.0 Å². The van der Waals surface area contributed by atoms with Crippen LogP contribution in [-0.2, 0) is 11.2 Å². The summed E-state index contributed by atoms with van der Waals surface area (Å²) >= 11 is 0. The van der Waals surface area contributed by atoms with E-state index in [1.807, 2.05) is 0 Å². The van der Waals surface area contributed by atoms with Gasteiger partial charge in [0.1, 0.15) is 0 Å². The highest BCUT2D eigenvalue weighted by Crippen LogP contribution is 2.43. The van der Waals surface area contributed by atoms with Crippen LogP contribution in [0.4, 0.5) is 0 Å². The first-order valence-corrected chi connectivity index (χ1v) is 6.92. The van der Waals surface area contributed by atoms with Crippen molar-refractivity contribution in [3.63, 3.8) is 0 Å². The van der Waals surface area contributed by atoms with E-state index in [2.05, 4.69) is 0 Å². The first kappa shape index (κ1) is 15.4. The van der Waals surface area contributed by atoms with Gasteiger partial charge in [0.2, 0.25) is 0 Å². The molecule has 0 atom stereocenters. The maximum atomic E-state index is 10.6. The van der Waals surface area contributed by atoms with Crippen molar-refractivity contribution >= 4 is 27.9 Å². The number of rotatable bonds is 3. The van der Waals surface area contributed by atoms with Crippen molar-refractivity contribution in [3.8, 4) is 23.0 Å². The van der Waals surface area contributed by atoms with Crippen LogP contribution < -0.4 is 5.11 Å². The predicted octanol–water partition coefficient (Wildman–Crippen LogP) is 1.54. The molecule has 7 nitrogen and oxygen atoms in total. The van der Waals surface area contributed by atoms with Crippen LogP contribution >= 0.6 is 0 Å². The number of fused-ring (bicyclic) bond motifs is 2. The molecule has 0 saturated heterocycles. The quantitative estimate of drug-likeness (QED) is 0.248. The van der Waals surface area contributed by atoms with Gasteiger partial charge in [-0.05, 0) is 42.3 Å². The summed E-state index contributed by atoms with van der Waals surface area (Å²) in [5.74, 6) is -3.24. The minimum Gasteiger partial charge on any atom is -0.545 e. The average molecular weight is 328 g/mol. The highest BCUT2D eigenvalue weighted by molar-refractivity contribution is 6.00. The van der Waals surface area contributed by atoms with Gasteiger partial charge < -0.3 is 30.3 Å². The molecule has 24 heavy (non-hydrogen) atoms. The maximum absolute atomic E-state index is 10.6. The van der Waals surface area contributed by atoms with Crippen molar-refractivity contribution in [1.82, 2.24) is 0 Å². The fraction of sp³-hybridized carbons (Fsp3) is 0.0588. The Hall–Kier alpha value is -3.48. The number of hydrogen-bond donors (Lipinski definition) is 4. The topological polar surface area (TPSA) is 132 Å². The Bertz CT molecular complexity index is 939. The van der Waals surface area contributed by atoms with Gasteiger partial charge in [0, 0.05) is 0 Å². The van der Waals surface area contributed by atoms with E-state index in [9.17, 15) is 30.3 Å². The number of carboxylic acids is 1. The van der Waals surface area contributed by atoms with Gasteiger partial charge in [-0.2, -0.15) is 4.42 Å². The number of carboxylic acid groups (broad SMARTS) is 1. The highest BCUT2D eigenvalue weighted by atomic mass is 16.4. The number of hydrogen-bond acceptors (Lipinski definition) is 6. The molecule has 4 N–H and O–H groups in total. The molecule has 0 aliphatic heterocycles. The summed E-state index contributed by atoms with van der Waals surface area (Å²) in [7, 11) is 0. The fourth-order valence-electron chi connectivity index (χ4n) is 2.54. The van der Waals surface area contributed by atoms with Gasteiger partial charge in [0.25, 0.3) is 11.5 Å². The molecule has 1 aromatic heterocycles. The van der Waals surface area contributed by atoms with Crippen LogP contribution in [0.3, 0.4) is 0 Å². The molecule has 0 aliphatic rings. The Morgan fingerprint density at radius 2 is 1.46 bits per heavy atom. The lowest BCUT2D eigenvalue weighted by Crippen LogP contribution is -2.18. The Labute approximate surface area is 135 Å². The number of benzene rings is 2. The van der Waals surface area contributed by atoms with Crippen molar-refractivity contribution in [2.75, 3.05) is 0 Å². The van der Waals surface area contributed by atoms with Crippen molar-refractivity contribution < 1.29 is 34.7 Å². The predicted molar refractivity (Wildman–Crippen MR) is 82.6 cm³/mol. The average Bonchev–Trinajstić information content (AvgIpc) is 2.54. The lowest BCUT2D eigenvalue weighted by atomic mass is 10.00. The lowest BCUT2D eigenvalue weighted by Gasteiger charge is -2.05. The maximum Gasteiger partial charge on any atom is 0.406 e. The zero-order chi connectivity index (χ0) is 17.4. The minimum absolute atomic E-state index is 0.0970. The van der Waals surface area contributed by atoms with Crippen LogP contribution in [0.25, 0.3) is 21.9 Å². The van der Waals surface area contributed by atoms with E-state index >= 15 is 0 Å². The molecule has 122 valence electrons. The molecule has 0 saturated carbocycles. The third-order valence-electron chi connectivity index (χ3n) is 3.65. The Kier molecular flexibility index (Phi) is 3.61. The van der Waals surface area contributed by atoms with Crippen LogP contribution in [0.5, 0.6) is 23.0 Å². The number of aromatic hydroxyl groups is 4. The molecule has 0 spiro atoms. The van der Waals surface area contributed by atoms with Crippen molar-refractivity contribution in [2.45, 2.75) is 6.42 Å². The van der Waals surface area contributed by atoms with E-state index in [0.29, 0.717) is 16.3 Å². The van der Waals surface area contributed by atoms with E-state index in [1.54, 1.807) is 0 Å². The molecule has 3 aromatic rings. The molecule has 2 aromatic carbocycles. The zero-order valence-electron chi connectivity index (χ0n) is 12.2. The SMILES string of the molecule is O=C([O-])/C=C/Cc1c2ccc(O)c(O)c2[o+]c2c(O)c(O)ccc12. The monoisotopic (exact) mass is 328 g/mol. The van der Waals surface area contributed by atoms with E-state index in [4.69, 9.17) is 4.42 Å². The Balaban J connectivity index is 2.40. The summed E-state index contributed by atoms with van der Waals surface area (Å²) in [5, 5.41) is 50.7. The first-order valence-electron chi connectivity index (χ1n) is 6.92. The summed E-state index contributed by atoms with van der Waals surface area (Å²) in [6, 6.07) is 5.54. The van der Waals surface area contributed by atoms with Gasteiger partial charge in [-0.15, -0.1) is 0 Å². The second-order valence-electron chi connectivity index (χ2n) is 5.13. The number of aliphatic carboxylic acids is 1. The van der Waals surface area contributed by atoms with Crippen molar-refractivity contribution in [3.05, 3.63) is 42.0 Å². The summed E-state index contributed by atoms with van der Waals surface area (Å²) in [4.78, 5) is 10.6. The second kappa shape index (κ2) is 5.62. The summed E-state index contributed by atoms with van der Waals surface area (Å²) in [6.07, 6.45) is 2.34. The number of phenols is 4. The van der Waals surface area contributed by atoms with Crippen LogP contribution in [-0.4, -0.2) is 26.4 Å². The van der Waals surface area contributed by atoms with Gasteiger partial charge in [-0.3, -0.25) is 0 Å². The highest BCUT2D eigenvalue weighted by Gasteiger charge is 2.27. The molecule has 3 rings (SSSR count). The number of carbonyl (C=O) groups is 1. The largest absolute Gasteiger partial charge is 0.545 e. The summed E-state index contributed by atoms with van der Waals surface area (Å²) in [6.45, 7) is 0. The fourth-order valence-corrected chi connectivity index (χ4v) is 2.54. The van der Waals surface area contributed by atoms with Crippen LogP contribution in [0.1, 0.15) is 5.56 Å². The number of carbonyl (C=O) groups excluding carboxylic acids is 1. The zero-order valence-corrected chi connectivity index (χ0v) is 12.2. The third kappa shape index (κ3) is 2.41. The van der Waals surface area contributed by atoms with Crippen LogP contribution in [0, 0.1) is 0 Å². The van der Waals surface area contributed by atoms with Crippen LogP contribution in [0.2, 0.25) is 0 Å². The molecule has 0 radical (unpaired) electrons. The molecule has 7 heteroatoms. The minimum atomic E-state index is -1.36. The number of allylic oxidation sites excluding steroid dienone is 1. The van der Waals surface area contributed by atoms with Gasteiger partial charge in [0.15, 0.2) is 11.5 Å². The van der Waals surface area contributed by atoms with Crippen molar-refractivity contribution in [2.24, 2.45) is 0 Å². The van der Waals surface area contributed by atoms with E-state index in [-0.39, 0.29) is 17.6 Å². The lowest BCUT2D eigenvalue weighted by molar-refractivity contribution is -0.297. The van der Waals surface area contributed by atoms with Crippen molar-refractivity contribution in [1.29, 1.82) is 0 Å². The molecule has 0 unspecified atom stereocenters. The van der Waals surface area contributed by atoms with Gasteiger partial charge in [-0.1, -0.05) is 6.08 Å². The third-order valence-corrected chi connectivity index (χ3v) is 3.65. The first-order chi connectivity index (χ1) is 11.4. The van der Waals surface area contributed by atoms with Gasteiger partial charge in [0.05, 0.1) is 16.7 Å². The van der Waals surface area contributed by atoms with Crippen LogP contribution in [0.15, 0.2) is 40.8 Å². The second-order valence-corrected chi connectivity index (χ2v) is 5.13. The van der Waals surface area contributed by atoms with Gasteiger partial charge >= 0.3 is 11.2 Å². The number of phenolic OH excluding ortho intramolecular Hbond substituents is 4. The van der Waals surface area contributed by atoms with Gasteiger partial charge in [-0.25, -0.2) is 0 Å². The van der Waals surface area contributed by atoms with E-state index in [1.165, 1.54) is 30.3 Å². The molecule has 0 bridgehead atoms. The summed E-state index contributed by atoms with van der Waals surface area (Å²) < 4.78 is 5.46. The summed E-state index contributed by atoms with van der Waals surface area (Å²) in [5.41, 5.74) is 0.342. The normalized spacial score (nSPS) is 11.5.